The number of carboxylic acids is 1. The molecule has 3 heterocycles. The predicted octanol–water partition coefficient (Wildman–Crippen LogP) is 4.17. The Morgan fingerprint density at radius 3 is 2.32 bits per heavy atom. The number of likely N-dealkylation sites (tertiary alicyclic amines) is 1. The number of hydrogen-bond acceptors (Lipinski definition) is 5. The van der Waals surface area contributed by atoms with E-state index in [1.165, 1.54) is 23.3 Å². The summed E-state index contributed by atoms with van der Waals surface area (Å²) in [5.74, 6) is -1.34. The van der Waals surface area contributed by atoms with Crippen LogP contribution in [0.2, 0.25) is 0 Å². The lowest BCUT2D eigenvalue weighted by molar-refractivity contribution is -0.192. The third kappa shape index (κ3) is 6.55. The van der Waals surface area contributed by atoms with Gasteiger partial charge in [0.25, 0.3) is 5.91 Å². The highest BCUT2D eigenvalue weighted by atomic mass is 19.4. The van der Waals surface area contributed by atoms with Crippen molar-refractivity contribution in [2.24, 2.45) is 11.8 Å². The first kappa shape index (κ1) is 27.2. The van der Waals surface area contributed by atoms with Crippen LogP contribution in [0, 0.1) is 17.7 Å². The standard InChI is InChI=1S/C24H26FN5O.C2HF3O2/c1-2-16-6-8-17(9-7-16)12-29-13-18-10-22-27-28-23(30(22)15-19(18)14-29)24(31)26-21-5-3-4-20(25)11-21;3-2(4,5)1(6)7/h3-9,11,18-19H,2,10,12-15H2,1H3,(H,26,31);(H,6,7)/t18-,19-;/m0./s1. The highest BCUT2D eigenvalue weighted by Gasteiger charge is 2.39. The van der Waals surface area contributed by atoms with Crippen molar-refractivity contribution < 1.29 is 32.3 Å². The molecular formula is C26H27F4N5O3. The van der Waals surface area contributed by atoms with Gasteiger partial charge in [-0.3, -0.25) is 9.69 Å². The molecule has 2 aliphatic heterocycles. The topological polar surface area (TPSA) is 100 Å². The molecule has 0 aliphatic carbocycles. The van der Waals surface area contributed by atoms with Crippen LogP contribution >= 0.6 is 0 Å². The second-order valence-corrected chi connectivity index (χ2v) is 9.41. The molecule has 5 rings (SSSR count). The van der Waals surface area contributed by atoms with Gasteiger partial charge < -0.3 is 15.0 Å². The molecule has 1 aromatic heterocycles. The molecule has 2 N–H and O–H groups in total. The fourth-order valence-electron chi connectivity index (χ4n) is 4.81. The minimum absolute atomic E-state index is 0.298. The maximum absolute atomic E-state index is 13.4. The van der Waals surface area contributed by atoms with E-state index in [-0.39, 0.29) is 11.7 Å². The molecule has 2 aliphatic rings. The fourth-order valence-corrected chi connectivity index (χ4v) is 4.81. The number of aromatic nitrogens is 3. The van der Waals surface area contributed by atoms with E-state index in [2.05, 4.69) is 51.6 Å². The second-order valence-electron chi connectivity index (χ2n) is 9.41. The van der Waals surface area contributed by atoms with E-state index < -0.39 is 12.1 Å². The Labute approximate surface area is 216 Å². The predicted molar refractivity (Wildman–Crippen MR) is 130 cm³/mol. The zero-order valence-corrected chi connectivity index (χ0v) is 20.6. The number of carbonyl (C=O) groups excluding carboxylic acids is 1. The van der Waals surface area contributed by atoms with Gasteiger partial charge in [0.1, 0.15) is 11.6 Å². The first-order valence-electron chi connectivity index (χ1n) is 12.1. The van der Waals surface area contributed by atoms with Gasteiger partial charge in [-0.05, 0) is 47.6 Å². The first-order valence-corrected chi connectivity index (χ1v) is 12.1. The van der Waals surface area contributed by atoms with E-state index in [0.717, 1.165) is 44.8 Å². The maximum atomic E-state index is 13.4. The third-order valence-corrected chi connectivity index (χ3v) is 6.71. The smallest absolute Gasteiger partial charge is 0.475 e. The fraction of sp³-hybridized carbons (Fsp3) is 0.385. The summed E-state index contributed by atoms with van der Waals surface area (Å²) in [5, 5.41) is 18.3. The molecular weight excluding hydrogens is 506 g/mol. The highest BCUT2D eigenvalue weighted by Crippen LogP contribution is 2.33. The van der Waals surface area contributed by atoms with E-state index in [9.17, 15) is 22.4 Å². The Morgan fingerprint density at radius 1 is 1.03 bits per heavy atom. The van der Waals surface area contributed by atoms with E-state index in [1.807, 2.05) is 4.57 Å². The summed E-state index contributed by atoms with van der Waals surface area (Å²) in [6.45, 7) is 5.90. The van der Waals surface area contributed by atoms with Crippen LogP contribution in [0.1, 0.15) is 34.5 Å². The van der Waals surface area contributed by atoms with Gasteiger partial charge in [-0.25, -0.2) is 9.18 Å². The molecule has 1 amide bonds. The van der Waals surface area contributed by atoms with Crippen molar-refractivity contribution in [2.45, 2.75) is 39.0 Å². The van der Waals surface area contributed by atoms with Crippen molar-refractivity contribution in [2.75, 3.05) is 18.4 Å². The minimum Gasteiger partial charge on any atom is -0.475 e. The van der Waals surface area contributed by atoms with Gasteiger partial charge in [0, 0.05) is 38.3 Å². The van der Waals surface area contributed by atoms with Gasteiger partial charge in [-0.15, -0.1) is 10.2 Å². The molecule has 38 heavy (non-hydrogen) atoms. The number of carboxylic acid groups (broad SMARTS) is 1. The molecule has 3 aromatic rings. The van der Waals surface area contributed by atoms with Crippen LogP contribution in [0.3, 0.4) is 0 Å². The monoisotopic (exact) mass is 533 g/mol. The number of alkyl halides is 3. The Kier molecular flexibility index (Phi) is 8.10. The third-order valence-electron chi connectivity index (χ3n) is 6.71. The van der Waals surface area contributed by atoms with Crippen molar-refractivity contribution in [3.05, 3.63) is 77.1 Å². The summed E-state index contributed by atoms with van der Waals surface area (Å²) < 4.78 is 47.1. The van der Waals surface area contributed by atoms with Crippen molar-refractivity contribution in [1.82, 2.24) is 19.7 Å². The van der Waals surface area contributed by atoms with E-state index >= 15 is 0 Å². The molecule has 0 spiro atoms. The summed E-state index contributed by atoms with van der Waals surface area (Å²) in [6.07, 6.45) is -3.20. The number of halogens is 4. The highest BCUT2D eigenvalue weighted by molar-refractivity contribution is 6.01. The molecule has 2 aromatic carbocycles. The van der Waals surface area contributed by atoms with Crippen LogP contribution in [0.25, 0.3) is 0 Å². The number of aliphatic carboxylic acids is 1. The zero-order valence-electron chi connectivity index (χ0n) is 20.6. The van der Waals surface area contributed by atoms with Crippen LogP contribution in [-0.4, -0.2) is 55.9 Å². The quantitative estimate of drug-likeness (QED) is 0.478. The summed E-state index contributed by atoms with van der Waals surface area (Å²) in [7, 11) is 0. The van der Waals surface area contributed by atoms with Crippen LogP contribution in [0.15, 0.2) is 48.5 Å². The van der Waals surface area contributed by atoms with E-state index in [4.69, 9.17) is 9.90 Å². The van der Waals surface area contributed by atoms with Gasteiger partial charge in [0.2, 0.25) is 5.82 Å². The number of carbonyl (C=O) groups is 2. The number of amides is 1. The number of nitrogens with one attached hydrogen (secondary N) is 1. The molecule has 1 fully saturated rings. The number of rotatable bonds is 5. The number of aryl methyl sites for hydroxylation is 1. The summed E-state index contributed by atoms with van der Waals surface area (Å²) in [6, 6.07) is 14.7. The largest absolute Gasteiger partial charge is 0.490 e. The lowest BCUT2D eigenvalue weighted by Gasteiger charge is -2.25. The summed E-state index contributed by atoms with van der Waals surface area (Å²) in [4.78, 5) is 24.1. The molecule has 1 saturated heterocycles. The molecule has 8 nitrogen and oxygen atoms in total. The van der Waals surface area contributed by atoms with Crippen LogP contribution in [0.4, 0.5) is 23.2 Å². The molecule has 0 radical (unpaired) electrons. The van der Waals surface area contributed by atoms with Crippen molar-refractivity contribution in [1.29, 1.82) is 0 Å². The first-order chi connectivity index (χ1) is 18.0. The number of fused-ring (bicyclic) bond motifs is 2. The van der Waals surface area contributed by atoms with Crippen LogP contribution < -0.4 is 5.32 Å². The molecule has 0 saturated carbocycles. The summed E-state index contributed by atoms with van der Waals surface area (Å²) in [5.41, 5.74) is 3.11. The lowest BCUT2D eigenvalue weighted by atomic mass is 9.89. The number of hydrogen-bond donors (Lipinski definition) is 2. The Bertz CT molecular complexity index is 1290. The SMILES string of the molecule is CCc1ccc(CN2C[C@@H]3Cc4nnc(C(=O)Nc5cccc(F)c5)n4C[C@@H]3C2)cc1.O=C(O)C(F)(F)F. The van der Waals surface area contributed by atoms with Crippen molar-refractivity contribution in [3.63, 3.8) is 0 Å². The van der Waals surface area contributed by atoms with Crippen molar-refractivity contribution in [3.8, 4) is 0 Å². The Balaban J connectivity index is 0.000000426. The zero-order chi connectivity index (χ0) is 27.4. The maximum Gasteiger partial charge on any atom is 0.490 e. The van der Waals surface area contributed by atoms with Crippen molar-refractivity contribution >= 4 is 17.6 Å². The van der Waals surface area contributed by atoms with E-state index in [1.54, 1.807) is 12.1 Å². The normalized spacial score (nSPS) is 18.7. The molecule has 12 heteroatoms. The van der Waals surface area contributed by atoms with Gasteiger partial charge in [0.15, 0.2) is 0 Å². The Hall–Kier alpha value is -3.80. The number of anilines is 1. The number of nitrogens with zero attached hydrogens (tertiary/aromatic N) is 4. The second kappa shape index (κ2) is 11.3. The molecule has 0 unspecified atom stereocenters. The van der Waals surface area contributed by atoms with E-state index in [0.29, 0.717) is 23.3 Å². The average Bonchev–Trinajstić information content (AvgIpc) is 3.45. The molecule has 2 atom stereocenters. The average molecular weight is 534 g/mol. The molecule has 0 bridgehead atoms. The molecule has 202 valence electrons. The van der Waals surface area contributed by atoms with Gasteiger partial charge in [-0.1, -0.05) is 37.3 Å². The van der Waals surface area contributed by atoms with Crippen LogP contribution in [0.5, 0.6) is 0 Å². The van der Waals surface area contributed by atoms with Gasteiger partial charge in [0.05, 0.1) is 0 Å². The number of benzene rings is 2. The van der Waals surface area contributed by atoms with Crippen LogP contribution in [-0.2, 0) is 30.7 Å². The summed E-state index contributed by atoms with van der Waals surface area (Å²) >= 11 is 0. The van der Waals surface area contributed by atoms with Gasteiger partial charge >= 0.3 is 12.1 Å². The minimum atomic E-state index is -5.08. The lowest BCUT2D eigenvalue weighted by Crippen LogP contribution is -2.31. The Morgan fingerprint density at radius 2 is 1.68 bits per heavy atom. The van der Waals surface area contributed by atoms with Gasteiger partial charge in [-0.2, -0.15) is 13.2 Å².